The first-order chi connectivity index (χ1) is 15.0. The van der Waals surface area contributed by atoms with Gasteiger partial charge in [-0.25, -0.2) is 0 Å². The number of anilines is 1. The third-order valence-electron chi connectivity index (χ3n) is 6.18. The normalized spacial score (nSPS) is 17.1. The molecule has 0 bridgehead atoms. The van der Waals surface area contributed by atoms with E-state index in [1.807, 2.05) is 12.1 Å². The lowest BCUT2D eigenvalue weighted by molar-refractivity contribution is -0.116. The molecular formula is C25H29N3O3. The van der Waals surface area contributed by atoms with E-state index in [1.54, 1.807) is 24.3 Å². The molecule has 0 aliphatic carbocycles. The number of amides is 3. The van der Waals surface area contributed by atoms with Gasteiger partial charge in [0, 0.05) is 25.2 Å². The number of hydrogen-bond donors (Lipinski definition) is 1. The Hall–Kier alpha value is -2.99. The van der Waals surface area contributed by atoms with E-state index in [4.69, 9.17) is 0 Å². The molecule has 0 atom stereocenters. The maximum atomic E-state index is 12.4. The molecule has 2 aliphatic heterocycles. The highest BCUT2D eigenvalue weighted by Gasteiger charge is 2.34. The number of piperidine rings is 1. The molecule has 0 spiro atoms. The molecule has 31 heavy (non-hydrogen) atoms. The monoisotopic (exact) mass is 419 g/mol. The molecule has 1 N–H and O–H groups in total. The molecule has 2 heterocycles. The zero-order valence-corrected chi connectivity index (χ0v) is 18.0. The molecule has 6 heteroatoms. The van der Waals surface area contributed by atoms with Gasteiger partial charge >= 0.3 is 0 Å². The summed E-state index contributed by atoms with van der Waals surface area (Å²) in [5.74, 6) is 0.153. The van der Waals surface area contributed by atoms with Crippen LogP contribution < -0.4 is 5.32 Å². The van der Waals surface area contributed by atoms with Crippen molar-refractivity contribution in [2.24, 2.45) is 5.92 Å². The third kappa shape index (κ3) is 5.02. The standard InChI is InChI=1S/C25H29N3O3/c1-18-12-15-27(16-13-18)17-19-8-10-20(11-9-19)26-23(29)7-4-14-28-24(30)21-5-2-3-6-22(21)25(28)31/h2-3,5-6,8-11,18H,4,7,12-17H2,1H3,(H,26,29). The number of fused-ring (bicyclic) bond motifs is 1. The van der Waals surface area contributed by atoms with Crippen LogP contribution in [0.2, 0.25) is 0 Å². The van der Waals surface area contributed by atoms with Gasteiger partial charge in [-0.1, -0.05) is 31.2 Å². The van der Waals surface area contributed by atoms with E-state index in [0.717, 1.165) is 31.2 Å². The Labute approximate surface area is 183 Å². The predicted molar refractivity (Wildman–Crippen MR) is 120 cm³/mol. The molecule has 0 aromatic heterocycles. The molecule has 3 amide bonds. The van der Waals surface area contributed by atoms with Crippen LogP contribution >= 0.6 is 0 Å². The highest BCUT2D eigenvalue weighted by Crippen LogP contribution is 2.23. The van der Waals surface area contributed by atoms with Gasteiger partial charge in [-0.15, -0.1) is 0 Å². The summed E-state index contributed by atoms with van der Waals surface area (Å²) in [5.41, 5.74) is 2.90. The van der Waals surface area contributed by atoms with E-state index in [0.29, 0.717) is 17.5 Å². The molecule has 0 unspecified atom stereocenters. The summed E-state index contributed by atoms with van der Waals surface area (Å²) in [6.07, 6.45) is 3.20. The molecule has 1 fully saturated rings. The molecule has 0 saturated carbocycles. The van der Waals surface area contributed by atoms with Crippen molar-refractivity contribution in [1.29, 1.82) is 0 Å². The fourth-order valence-corrected chi connectivity index (χ4v) is 4.24. The summed E-state index contributed by atoms with van der Waals surface area (Å²) in [5, 5.41) is 2.90. The van der Waals surface area contributed by atoms with Gasteiger partial charge in [0.15, 0.2) is 0 Å². The van der Waals surface area contributed by atoms with Crippen LogP contribution in [-0.4, -0.2) is 47.2 Å². The summed E-state index contributed by atoms with van der Waals surface area (Å²) in [6.45, 7) is 5.79. The Morgan fingerprint density at radius 3 is 2.19 bits per heavy atom. The number of carbonyl (C=O) groups excluding carboxylic acids is 3. The first kappa shape index (κ1) is 21.2. The van der Waals surface area contributed by atoms with Gasteiger partial charge in [0.25, 0.3) is 11.8 Å². The van der Waals surface area contributed by atoms with Crippen LogP contribution in [0.25, 0.3) is 0 Å². The first-order valence-electron chi connectivity index (χ1n) is 11.1. The van der Waals surface area contributed by atoms with Crippen molar-refractivity contribution in [3.05, 3.63) is 65.2 Å². The van der Waals surface area contributed by atoms with Crippen molar-refractivity contribution in [3.8, 4) is 0 Å². The van der Waals surface area contributed by atoms with Crippen LogP contribution in [0.1, 0.15) is 58.9 Å². The second-order valence-electron chi connectivity index (χ2n) is 8.61. The molecule has 1 saturated heterocycles. The van der Waals surface area contributed by atoms with E-state index in [-0.39, 0.29) is 30.7 Å². The highest BCUT2D eigenvalue weighted by molar-refractivity contribution is 6.21. The van der Waals surface area contributed by atoms with Gasteiger partial charge in [0.1, 0.15) is 0 Å². The van der Waals surface area contributed by atoms with E-state index in [2.05, 4.69) is 29.3 Å². The lowest BCUT2D eigenvalue weighted by Crippen LogP contribution is -2.32. The molecule has 6 nitrogen and oxygen atoms in total. The molecule has 162 valence electrons. The predicted octanol–water partition coefficient (Wildman–Crippen LogP) is 3.93. The van der Waals surface area contributed by atoms with Crippen molar-refractivity contribution >= 4 is 23.4 Å². The van der Waals surface area contributed by atoms with E-state index in [1.165, 1.54) is 23.3 Å². The second kappa shape index (κ2) is 9.43. The molecule has 4 rings (SSSR count). The smallest absolute Gasteiger partial charge is 0.261 e. The molecule has 2 aromatic rings. The van der Waals surface area contributed by atoms with Gasteiger partial charge in [-0.3, -0.25) is 24.2 Å². The zero-order valence-electron chi connectivity index (χ0n) is 18.0. The minimum Gasteiger partial charge on any atom is -0.326 e. The topological polar surface area (TPSA) is 69.7 Å². The average molecular weight is 420 g/mol. The summed E-state index contributed by atoms with van der Waals surface area (Å²) in [4.78, 5) is 40.7. The Morgan fingerprint density at radius 2 is 1.58 bits per heavy atom. The first-order valence-corrected chi connectivity index (χ1v) is 11.1. The zero-order chi connectivity index (χ0) is 21.8. The number of carbonyl (C=O) groups is 3. The van der Waals surface area contributed by atoms with Crippen molar-refractivity contribution < 1.29 is 14.4 Å². The fourth-order valence-electron chi connectivity index (χ4n) is 4.24. The van der Waals surface area contributed by atoms with Crippen LogP contribution in [0.5, 0.6) is 0 Å². The van der Waals surface area contributed by atoms with Gasteiger partial charge < -0.3 is 5.32 Å². The number of hydrogen-bond acceptors (Lipinski definition) is 4. The number of benzene rings is 2. The van der Waals surface area contributed by atoms with Crippen LogP contribution in [0, 0.1) is 5.92 Å². The van der Waals surface area contributed by atoms with Crippen molar-refractivity contribution in [1.82, 2.24) is 9.80 Å². The Morgan fingerprint density at radius 1 is 0.968 bits per heavy atom. The summed E-state index contributed by atoms with van der Waals surface area (Å²) in [7, 11) is 0. The Balaban J connectivity index is 1.21. The molecule has 2 aromatic carbocycles. The van der Waals surface area contributed by atoms with Crippen LogP contribution in [0.15, 0.2) is 48.5 Å². The van der Waals surface area contributed by atoms with E-state index >= 15 is 0 Å². The van der Waals surface area contributed by atoms with E-state index in [9.17, 15) is 14.4 Å². The fraction of sp³-hybridized carbons (Fsp3) is 0.400. The minimum absolute atomic E-state index is 0.116. The summed E-state index contributed by atoms with van der Waals surface area (Å²) < 4.78 is 0. The largest absolute Gasteiger partial charge is 0.326 e. The SMILES string of the molecule is CC1CCN(Cc2ccc(NC(=O)CCCN3C(=O)c4ccccc4C3=O)cc2)CC1. The highest BCUT2D eigenvalue weighted by atomic mass is 16.2. The molecular weight excluding hydrogens is 390 g/mol. The summed E-state index contributed by atoms with van der Waals surface area (Å²) in [6, 6.07) is 14.8. The van der Waals surface area contributed by atoms with E-state index < -0.39 is 0 Å². The van der Waals surface area contributed by atoms with Gasteiger partial charge in [0.2, 0.25) is 5.91 Å². The third-order valence-corrected chi connectivity index (χ3v) is 6.18. The lowest BCUT2D eigenvalue weighted by atomic mass is 9.99. The lowest BCUT2D eigenvalue weighted by Gasteiger charge is -2.30. The van der Waals surface area contributed by atoms with Crippen LogP contribution in [0.3, 0.4) is 0 Å². The maximum absolute atomic E-state index is 12.4. The Bertz CT molecular complexity index is 927. The number of nitrogens with one attached hydrogen (secondary N) is 1. The van der Waals surface area contributed by atoms with Crippen molar-refractivity contribution in [2.45, 2.75) is 39.2 Å². The Kier molecular flexibility index (Phi) is 6.47. The number of nitrogens with zero attached hydrogens (tertiary/aromatic N) is 2. The van der Waals surface area contributed by atoms with Gasteiger partial charge in [-0.05, 0) is 68.1 Å². The van der Waals surface area contributed by atoms with Gasteiger partial charge in [-0.2, -0.15) is 0 Å². The average Bonchev–Trinajstić information content (AvgIpc) is 3.02. The second-order valence-corrected chi connectivity index (χ2v) is 8.61. The molecule has 0 radical (unpaired) electrons. The van der Waals surface area contributed by atoms with Crippen molar-refractivity contribution in [2.75, 3.05) is 25.0 Å². The quantitative estimate of drug-likeness (QED) is 0.691. The number of likely N-dealkylation sites (tertiary alicyclic amines) is 1. The van der Waals surface area contributed by atoms with Crippen molar-refractivity contribution in [3.63, 3.8) is 0 Å². The van der Waals surface area contributed by atoms with Crippen LogP contribution in [0.4, 0.5) is 5.69 Å². The molecule has 2 aliphatic rings. The number of rotatable bonds is 7. The minimum atomic E-state index is -0.278. The number of imide groups is 1. The van der Waals surface area contributed by atoms with Gasteiger partial charge in [0.05, 0.1) is 11.1 Å². The summed E-state index contributed by atoms with van der Waals surface area (Å²) >= 11 is 0. The van der Waals surface area contributed by atoms with Crippen LogP contribution in [-0.2, 0) is 11.3 Å². The maximum Gasteiger partial charge on any atom is 0.261 e.